The standard InChI is InChI=1S/C12H16N2O3/c1-9-3-2-4-11(14(16)17)12(9)13-7-5-10(15)6-8-13/h2-4,10,15H,5-8H2,1H3. The molecule has 0 spiro atoms. The summed E-state index contributed by atoms with van der Waals surface area (Å²) < 4.78 is 0. The molecule has 0 unspecified atom stereocenters. The van der Waals surface area contributed by atoms with E-state index in [0.29, 0.717) is 31.6 Å². The van der Waals surface area contributed by atoms with Crippen molar-refractivity contribution >= 4 is 11.4 Å². The number of nitrogens with zero attached hydrogens (tertiary/aromatic N) is 2. The van der Waals surface area contributed by atoms with Crippen LogP contribution in [0.3, 0.4) is 0 Å². The second-order valence-electron chi connectivity index (χ2n) is 4.42. The predicted octanol–water partition coefficient (Wildman–Crippen LogP) is 1.86. The van der Waals surface area contributed by atoms with Crippen molar-refractivity contribution < 1.29 is 10.0 Å². The van der Waals surface area contributed by atoms with Gasteiger partial charge in [-0.3, -0.25) is 10.1 Å². The van der Waals surface area contributed by atoms with E-state index in [1.807, 2.05) is 17.9 Å². The number of nitro groups is 1. The van der Waals surface area contributed by atoms with Crippen LogP contribution in [0, 0.1) is 17.0 Å². The Hall–Kier alpha value is -1.62. The number of hydrogen-bond acceptors (Lipinski definition) is 4. The number of nitro benzene ring substituents is 1. The summed E-state index contributed by atoms with van der Waals surface area (Å²) in [6.07, 6.45) is 1.08. The molecule has 0 bridgehead atoms. The average Bonchev–Trinajstić information content (AvgIpc) is 2.30. The van der Waals surface area contributed by atoms with Crippen molar-refractivity contribution in [2.24, 2.45) is 0 Å². The second-order valence-corrected chi connectivity index (χ2v) is 4.42. The Morgan fingerprint density at radius 1 is 1.41 bits per heavy atom. The van der Waals surface area contributed by atoms with Gasteiger partial charge in [0.2, 0.25) is 0 Å². The molecule has 0 radical (unpaired) electrons. The van der Waals surface area contributed by atoms with Crippen molar-refractivity contribution in [2.45, 2.75) is 25.9 Å². The zero-order valence-electron chi connectivity index (χ0n) is 9.80. The maximum absolute atomic E-state index is 11.0. The van der Waals surface area contributed by atoms with Crippen molar-refractivity contribution in [3.63, 3.8) is 0 Å². The topological polar surface area (TPSA) is 66.6 Å². The summed E-state index contributed by atoms with van der Waals surface area (Å²) in [4.78, 5) is 12.7. The monoisotopic (exact) mass is 236 g/mol. The molecular formula is C12H16N2O3. The van der Waals surface area contributed by atoms with Gasteiger partial charge < -0.3 is 10.0 Å². The molecule has 0 amide bonds. The molecule has 2 rings (SSSR count). The van der Waals surface area contributed by atoms with E-state index in [0.717, 1.165) is 5.56 Å². The number of hydrogen-bond donors (Lipinski definition) is 1. The molecule has 5 heteroatoms. The summed E-state index contributed by atoms with van der Waals surface area (Å²) in [5.74, 6) is 0. The fourth-order valence-corrected chi connectivity index (χ4v) is 2.29. The largest absolute Gasteiger partial charge is 0.393 e. The molecule has 1 aliphatic rings. The third kappa shape index (κ3) is 2.39. The SMILES string of the molecule is Cc1cccc([N+](=O)[O-])c1N1CCC(O)CC1. The fraction of sp³-hybridized carbons (Fsp3) is 0.500. The van der Waals surface area contributed by atoms with Gasteiger partial charge in [-0.25, -0.2) is 0 Å². The van der Waals surface area contributed by atoms with Crippen LogP contribution in [-0.2, 0) is 0 Å². The van der Waals surface area contributed by atoms with Crippen LogP contribution in [0.15, 0.2) is 18.2 Å². The number of rotatable bonds is 2. The van der Waals surface area contributed by atoms with E-state index in [2.05, 4.69) is 0 Å². The van der Waals surface area contributed by atoms with Crippen molar-refractivity contribution in [2.75, 3.05) is 18.0 Å². The molecule has 1 aromatic rings. The number of aliphatic hydroxyl groups is 1. The highest BCUT2D eigenvalue weighted by atomic mass is 16.6. The van der Waals surface area contributed by atoms with Crippen molar-refractivity contribution in [3.05, 3.63) is 33.9 Å². The molecule has 17 heavy (non-hydrogen) atoms. The van der Waals surface area contributed by atoms with Gasteiger partial charge in [0, 0.05) is 19.2 Å². The highest BCUT2D eigenvalue weighted by Crippen LogP contribution is 2.33. The van der Waals surface area contributed by atoms with Crippen LogP contribution in [0.1, 0.15) is 18.4 Å². The van der Waals surface area contributed by atoms with Crippen LogP contribution in [0.4, 0.5) is 11.4 Å². The van der Waals surface area contributed by atoms with Gasteiger partial charge in [-0.05, 0) is 25.3 Å². The Labute approximate surface area is 99.8 Å². The van der Waals surface area contributed by atoms with Crippen molar-refractivity contribution in [1.29, 1.82) is 0 Å². The van der Waals surface area contributed by atoms with Crippen molar-refractivity contribution in [1.82, 2.24) is 0 Å². The van der Waals surface area contributed by atoms with Gasteiger partial charge in [-0.2, -0.15) is 0 Å². The molecule has 1 aliphatic heterocycles. The normalized spacial score (nSPS) is 17.2. The third-order valence-electron chi connectivity index (χ3n) is 3.19. The molecule has 1 fully saturated rings. The first kappa shape index (κ1) is 11.9. The Morgan fingerprint density at radius 2 is 2.06 bits per heavy atom. The van der Waals surface area contributed by atoms with Crippen LogP contribution in [-0.4, -0.2) is 29.2 Å². The smallest absolute Gasteiger partial charge is 0.292 e. The minimum absolute atomic E-state index is 0.154. The van der Waals surface area contributed by atoms with Gasteiger partial charge in [0.15, 0.2) is 0 Å². The quantitative estimate of drug-likeness (QED) is 0.628. The Morgan fingerprint density at radius 3 is 2.65 bits per heavy atom. The van der Waals surface area contributed by atoms with Gasteiger partial charge >= 0.3 is 0 Å². The molecule has 1 aromatic carbocycles. The first-order valence-corrected chi connectivity index (χ1v) is 5.76. The Kier molecular flexibility index (Phi) is 3.28. The zero-order chi connectivity index (χ0) is 12.4. The van der Waals surface area contributed by atoms with E-state index in [1.54, 1.807) is 6.07 Å². The maximum atomic E-state index is 11.0. The number of para-hydroxylation sites is 1. The lowest BCUT2D eigenvalue weighted by molar-refractivity contribution is -0.384. The van der Waals surface area contributed by atoms with Crippen molar-refractivity contribution in [3.8, 4) is 0 Å². The summed E-state index contributed by atoms with van der Waals surface area (Å²) in [6, 6.07) is 5.12. The van der Waals surface area contributed by atoms with Gasteiger partial charge in [-0.15, -0.1) is 0 Å². The highest BCUT2D eigenvalue weighted by Gasteiger charge is 2.25. The summed E-state index contributed by atoms with van der Waals surface area (Å²) in [5, 5.41) is 20.5. The van der Waals surface area contributed by atoms with Crippen LogP contribution < -0.4 is 4.90 Å². The van der Waals surface area contributed by atoms with Crippen LogP contribution >= 0.6 is 0 Å². The molecule has 1 N–H and O–H groups in total. The lowest BCUT2D eigenvalue weighted by Crippen LogP contribution is -2.36. The van der Waals surface area contributed by atoms with E-state index in [-0.39, 0.29) is 16.7 Å². The Balaban J connectivity index is 2.33. The minimum atomic E-state index is -0.340. The van der Waals surface area contributed by atoms with Gasteiger partial charge in [-0.1, -0.05) is 12.1 Å². The zero-order valence-corrected chi connectivity index (χ0v) is 9.80. The van der Waals surface area contributed by atoms with E-state index in [9.17, 15) is 15.2 Å². The predicted molar refractivity (Wildman–Crippen MR) is 65.3 cm³/mol. The number of benzene rings is 1. The van der Waals surface area contributed by atoms with E-state index < -0.39 is 0 Å². The third-order valence-corrected chi connectivity index (χ3v) is 3.19. The lowest BCUT2D eigenvalue weighted by atomic mass is 10.0. The van der Waals surface area contributed by atoms with Gasteiger partial charge in [0.05, 0.1) is 11.0 Å². The Bertz CT molecular complexity index is 426. The highest BCUT2D eigenvalue weighted by molar-refractivity contribution is 5.67. The average molecular weight is 236 g/mol. The maximum Gasteiger partial charge on any atom is 0.292 e. The van der Waals surface area contributed by atoms with Crippen LogP contribution in [0.25, 0.3) is 0 Å². The molecule has 5 nitrogen and oxygen atoms in total. The fourth-order valence-electron chi connectivity index (χ4n) is 2.29. The number of piperidine rings is 1. The van der Waals surface area contributed by atoms with Crippen LogP contribution in [0.2, 0.25) is 0 Å². The number of aliphatic hydroxyl groups excluding tert-OH is 1. The van der Waals surface area contributed by atoms with E-state index in [1.165, 1.54) is 6.07 Å². The number of anilines is 1. The first-order valence-electron chi connectivity index (χ1n) is 5.76. The molecule has 0 saturated carbocycles. The second kappa shape index (κ2) is 4.71. The minimum Gasteiger partial charge on any atom is -0.393 e. The summed E-state index contributed by atoms with van der Waals surface area (Å²) in [6.45, 7) is 3.23. The lowest BCUT2D eigenvalue weighted by Gasteiger charge is -2.32. The molecule has 1 saturated heterocycles. The summed E-state index contributed by atoms with van der Waals surface area (Å²) in [7, 11) is 0. The summed E-state index contributed by atoms with van der Waals surface area (Å²) in [5.41, 5.74) is 1.77. The molecule has 0 atom stereocenters. The number of aryl methyl sites for hydroxylation is 1. The van der Waals surface area contributed by atoms with E-state index in [4.69, 9.17) is 0 Å². The molecule has 1 heterocycles. The van der Waals surface area contributed by atoms with Gasteiger partial charge in [0.25, 0.3) is 5.69 Å². The first-order chi connectivity index (χ1) is 8.09. The molecule has 0 aromatic heterocycles. The van der Waals surface area contributed by atoms with E-state index >= 15 is 0 Å². The summed E-state index contributed by atoms with van der Waals surface area (Å²) >= 11 is 0. The van der Waals surface area contributed by atoms with Gasteiger partial charge in [0.1, 0.15) is 5.69 Å². The molecule has 92 valence electrons. The van der Waals surface area contributed by atoms with Crippen LogP contribution in [0.5, 0.6) is 0 Å². The molecule has 0 aliphatic carbocycles. The molecular weight excluding hydrogens is 220 g/mol.